The molecule has 0 radical (unpaired) electrons. The van der Waals surface area contributed by atoms with Crippen LogP contribution >= 0.6 is 15.9 Å². The summed E-state index contributed by atoms with van der Waals surface area (Å²) in [4.78, 5) is 29.6. The molecule has 0 aromatic heterocycles. The van der Waals surface area contributed by atoms with Gasteiger partial charge in [-0.3, -0.25) is 9.59 Å². The first-order valence-electron chi connectivity index (χ1n) is 9.79. The molecule has 1 saturated heterocycles. The molecule has 29 heavy (non-hydrogen) atoms. The number of benzene rings is 2. The third kappa shape index (κ3) is 4.29. The number of rotatable bonds is 2. The summed E-state index contributed by atoms with van der Waals surface area (Å²) in [5, 5.41) is 0. The Morgan fingerprint density at radius 1 is 1.00 bits per heavy atom. The molecule has 2 amide bonds. The fraction of sp³-hybridized carbons (Fsp3) is 0.364. The van der Waals surface area contributed by atoms with Crippen LogP contribution in [0.2, 0.25) is 0 Å². The van der Waals surface area contributed by atoms with Crippen molar-refractivity contribution in [3.05, 3.63) is 63.9 Å². The minimum Gasteiger partial charge on any atom is -0.493 e. The predicted molar refractivity (Wildman–Crippen MR) is 110 cm³/mol. The van der Waals surface area contributed by atoms with Crippen LogP contribution in [-0.4, -0.2) is 54.4 Å². The molecule has 0 N–H and O–H groups in total. The molecule has 2 aliphatic rings. The van der Waals surface area contributed by atoms with Gasteiger partial charge in [0.25, 0.3) is 5.91 Å². The topological polar surface area (TPSA) is 49.9 Å². The van der Waals surface area contributed by atoms with E-state index in [0.717, 1.165) is 15.8 Å². The molecule has 1 atom stereocenters. The Labute approximate surface area is 177 Å². The van der Waals surface area contributed by atoms with Gasteiger partial charge in [0.05, 0.1) is 12.5 Å². The molecule has 7 heteroatoms. The normalized spacial score (nSPS) is 19.2. The lowest BCUT2D eigenvalue weighted by molar-refractivity contribution is -0.133. The van der Waals surface area contributed by atoms with E-state index in [1.165, 1.54) is 24.3 Å². The molecule has 0 saturated carbocycles. The zero-order chi connectivity index (χ0) is 20.4. The molecule has 5 nitrogen and oxygen atoms in total. The van der Waals surface area contributed by atoms with Crippen molar-refractivity contribution < 1.29 is 18.7 Å². The van der Waals surface area contributed by atoms with Crippen molar-refractivity contribution in [3.8, 4) is 5.75 Å². The van der Waals surface area contributed by atoms with Gasteiger partial charge in [0.2, 0.25) is 5.91 Å². The molecular formula is C22H22BrFN2O3. The Kier molecular flexibility index (Phi) is 5.85. The highest BCUT2D eigenvalue weighted by molar-refractivity contribution is 9.10. The van der Waals surface area contributed by atoms with Crippen molar-refractivity contribution in [1.82, 2.24) is 9.80 Å². The minimum atomic E-state index is -0.363. The van der Waals surface area contributed by atoms with Crippen molar-refractivity contribution in [3.63, 3.8) is 0 Å². The summed E-state index contributed by atoms with van der Waals surface area (Å²) < 4.78 is 19.8. The lowest BCUT2D eigenvalue weighted by Gasteiger charge is -2.30. The first kappa shape index (κ1) is 19.9. The van der Waals surface area contributed by atoms with Crippen LogP contribution in [0.15, 0.2) is 46.9 Å². The Morgan fingerprint density at radius 2 is 1.72 bits per heavy atom. The molecule has 2 aromatic carbocycles. The first-order chi connectivity index (χ1) is 14.0. The number of hydrogen-bond donors (Lipinski definition) is 0. The highest BCUT2D eigenvalue weighted by Gasteiger charge is 2.32. The Morgan fingerprint density at radius 3 is 2.52 bits per heavy atom. The van der Waals surface area contributed by atoms with E-state index in [1.54, 1.807) is 4.90 Å². The van der Waals surface area contributed by atoms with Gasteiger partial charge in [-0.1, -0.05) is 15.9 Å². The molecule has 2 aliphatic heterocycles. The number of fused-ring (bicyclic) bond motifs is 1. The van der Waals surface area contributed by atoms with Gasteiger partial charge in [0.15, 0.2) is 0 Å². The van der Waals surface area contributed by atoms with Crippen molar-refractivity contribution >= 4 is 27.7 Å². The van der Waals surface area contributed by atoms with Crippen LogP contribution in [0.3, 0.4) is 0 Å². The van der Waals surface area contributed by atoms with Crippen molar-refractivity contribution in [2.75, 3.05) is 32.8 Å². The number of hydrogen-bond acceptors (Lipinski definition) is 3. The third-order valence-electron chi connectivity index (χ3n) is 5.50. The Balaban J connectivity index is 1.45. The van der Waals surface area contributed by atoms with Gasteiger partial charge in [-0.05, 0) is 55.3 Å². The van der Waals surface area contributed by atoms with Crippen LogP contribution in [0.5, 0.6) is 5.75 Å². The molecule has 2 heterocycles. The van der Waals surface area contributed by atoms with E-state index < -0.39 is 0 Å². The monoisotopic (exact) mass is 460 g/mol. The predicted octanol–water partition coefficient (Wildman–Crippen LogP) is 3.83. The van der Waals surface area contributed by atoms with E-state index in [9.17, 15) is 14.0 Å². The summed E-state index contributed by atoms with van der Waals surface area (Å²) in [6.45, 7) is 2.68. The van der Waals surface area contributed by atoms with Crippen molar-refractivity contribution in [2.24, 2.45) is 0 Å². The lowest BCUT2D eigenvalue weighted by atomic mass is 9.91. The van der Waals surface area contributed by atoms with Gasteiger partial charge < -0.3 is 14.5 Å². The van der Waals surface area contributed by atoms with E-state index in [0.29, 0.717) is 51.2 Å². The largest absolute Gasteiger partial charge is 0.493 e. The summed E-state index contributed by atoms with van der Waals surface area (Å²) in [6, 6.07) is 11.4. The van der Waals surface area contributed by atoms with E-state index >= 15 is 0 Å². The van der Waals surface area contributed by atoms with E-state index in [1.807, 2.05) is 23.1 Å². The fourth-order valence-electron chi connectivity index (χ4n) is 3.96. The average molecular weight is 461 g/mol. The first-order valence-corrected chi connectivity index (χ1v) is 10.6. The second-order valence-electron chi connectivity index (χ2n) is 7.35. The second kappa shape index (κ2) is 8.53. The van der Waals surface area contributed by atoms with Gasteiger partial charge in [-0.25, -0.2) is 4.39 Å². The van der Waals surface area contributed by atoms with Gasteiger partial charge in [0, 0.05) is 41.8 Å². The quantitative estimate of drug-likeness (QED) is 0.684. The highest BCUT2D eigenvalue weighted by atomic mass is 79.9. The van der Waals surface area contributed by atoms with Crippen LogP contribution in [0.4, 0.5) is 4.39 Å². The summed E-state index contributed by atoms with van der Waals surface area (Å²) >= 11 is 3.48. The number of amides is 2. The number of carbonyl (C=O) groups excluding carboxylic acids is 2. The van der Waals surface area contributed by atoms with Crippen LogP contribution in [0.25, 0.3) is 0 Å². The number of nitrogens with zero attached hydrogens (tertiary/aromatic N) is 2. The standard InChI is InChI=1S/C22H22BrFN2O3/c23-16-4-7-20-19(14-16)18(8-13-29-20)22(28)26-10-1-9-25(11-12-26)21(27)15-2-5-17(24)6-3-15/h2-7,14,18H,1,8-13H2. The maximum Gasteiger partial charge on any atom is 0.253 e. The molecule has 4 rings (SSSR count). The third-order valence-corrected chi connectivity index (χ3v) is 5.99. The fourth-order valence-corrected chi connectivity index (χ4v) is 4.34. The number of carbonyl (C=O) groups is 2. The lowest BCUT2D eigenvalue weighted by Crippen LogP contribution is -2.40. The highest BCUT2D eigenvalue weighted by Crippen LogP contribution is 2.36. The zero-order valence-electron chi connectivity index (χ0n) is 15.9. The maximum absolute atomic E-state index is 13.3. The summed E-state index contributed by atoms with van der Waals surface area (Å²) in [7, 11) is 0. The van der Waals surface area contributed by atoms with Gasteiger partial charge in [-0.15, -0.1) is 0 Å². The van der Waals surface area contributed by atoms with Gasteiger partial charge >= 0.3 is 0 Å². The number of ether oxygens (including phenoxy) is 1. The molecule has 0 aliphatic carbocycles. The van der Waals surface area contributed by atoms with Crippen molar-refractivity contribution in [1.29, 1.82) is 0 Å². The molecule has 152 valence electrons. The average Bonchev–Trinajstić information content (AvgIpc) is 2.99. The SMILES string of the molecule is O=C(c1ccc(F)cc1)N1CCCN(C(=O)C2CCOc3ccc(Br)cc32)CC1. The summed E-state index contributed by atoms with van der Waals surface area (Å²) in [6.07, 6.45) is 1.37. The van der Waals surface area contributed by atoms with E-state index in [2.05, 4.69) is 15.9 Å². The van der Waals surface area contributed by atoms with E-state index in [-0.39, 0.29) is 23.5 Å². The van der Waals surface area contributed by atoms with Crippen LogP contribution in [-0.2, 0) is 4.79 Å². The molecule has 0 spiro atoms. The van der Waals surface area contributed by atoms with Crippen molar-refractivity contribution in [2.45, 2.75) is 18.8 Å². The molecule has 1 fully saturated rings. The van der Waals surface area contributed by atoms with Gasteiger partial charge in [0.1, 0.15) is 11.6 Å². The van der Waals surface area contributed by atoms with Crippen LogP contribution in [0, 0.1) is 5.82 Å². The van der Waals surface area contributed by atoms with Gasteiger partial charge in [-0.2, -0.15) is 0 Å². The second-order valence-corrected chi connectivity index (χ2v) is 8.27. The maximum atomic E-state index is 13.3. The summed E-state index contributed by atoms with van der Waals surface area (Å²) in [5.41, 5.74) is 1.38. The molecule has 0 bridgehead atoms. The Hall–Kier alpha value is -2.41. The molecular weight excluding hydrogens is 439 g/mol. The zero-order valence-corrected chi connectivity index (χ0v) is 17.5. The number of halogens is 2. The Bertz CT molecular complexity index is 919. The van der Waals surface area contributed by atoms with Crippen LogP contribution < -0.4 is 4.74 Å². The minimum absolute atomic E-state index is 0.0868. The molecule has 2 aromatic rings. The van der Waals surface area contributed by atoms with Crippen LogP contribution in [0.1, 0.15) is 34.7 Å². The summed E-state index contributed by atoms with van der Waals surface area (Å²) in [5.74, 6) is 0.136. The smallest absolute Gasteiger partial charge is 0.253 e. The molecule has 1 unspecified atom stereocenters. The van der Waals surface area contributed by atoms with E-state index in [4.69, 9.17) is 4.74 Å².